The van der Waals surface area contributed by atoms with E-state index in [2.05, 4.69) is 31.2 Å². The van der Waals surface area contributed by atoms with Crippen molar-refractivity contribution in [2.75, 3.05) is 27.2 Å². The highest BCUT2D eigenvalue weighted by Crippen LogP contribution is 2.15. The zero-order chi connectivity index (χ0) is 7.56. The first-order valence-corrected chi connectivity index (χ1v) is 4.09. The minimum Gasteiger partial charge on any atom is -0.316 e. The molecule has 0 aromatic heterocycles. The van der Waals surface area contributed by atoms with Gasteiger partial charge in [0.25, 0.3) is 0 Å². The van der Waals surface area contributed by atoms with Gasteiger partial charge in [0.15, 0.2) is 0 Å². The molecular formula is C8H18N2. The number of rotatable bonds is 2. The van der Waals surface area contributed by atoms with Crippen LogP contribution in [-0.2, 0) is 0 Å². The molecule has 0 radical (unpaired) electrons. The quantitative estimate of drug-likeness (QED) is 0.605. The summed E-state index contributed by atoms with van der Waals surface area (Å²) in [6.45, 7) is 4.72. The Hall–Kier alpha value is -0.0800. The van der Waals surface area contributed by atoms with Gasteiger partial charge in [0.1, 0.15) is 0 Å². The second-order valence-corrected chi connectivity index (χ2v) is 3.46. The van der Waals surface area contributed by atoms with E-state index in [1.165, 1.54) is 19.5 Å². The highest BCUT2D eigenvalue weighted by molar-refractivity contribution is 4.79. The van der Waals surface area contributed by atoms with Crippen LogP contribution < -0.4 is 5.32 Å². The van der Waals surface area contributed by atoms with Gasteiger partial charge in [-0.25, -0.2) is 0 Å². The predicted octanol–water partition coefficient (Wildman–Crippen LogP) is 0.546. The molecule has 0 saturated carbocycles. The van der Waals surface area contributed by atoms with Crippen LogP contribution in [0.5, 0.6) is 0 Å². The fraction of sp³-hybridized carbons (Fsp3) is 1.00. The van der Waals surface area contributed by atoms with Gasteiger partial charge in [0.05, 0.1) is 0 Å². The van der Waals surface area contributed by atoms with E-state index in [0.29, 0.717) is 0 Å². The normalized spacial score (nSPS) is 29.4. The topological polar surface area (TPSA) is 15.3 Å². The smallest absolute Gasteiger partial charge is 0.0102 e. The molecule has 1 N–H and O–H groups in total. The van der Waals surface area contributed by atoms with Gasteiger partial charge in [0.2, 0.25) is 0 Å². The molecule has 2 nitrogen and oxygen atoms in total. The van der Waals surface area contributed by atoms with Crippen molar-refractivity contribution >= 4 is 0 Å². The van der Waals surface area contributed by atoms with Crippen LogP contribution in [0.25, 0.3) is 0 Å². The zero-order valence-corrected chi connectivity index (χ0v) is 7.22. The number of hydrogen-bond acceptors (Lipinski definition) is 2. The maximum Gasteiger partial charge on any atom is 0.0102 e. The third-order valence-electron chi connectivity index (χ3n) is 2.60. The van der Waals surface area contributed by atoms with Crippen LogP contribution in [0.15, 0.2) is 0 Å². The average Bonchev–Trinajstić information content (AvgIpc) is 2.36. The Bertz CT molecular complexity index is 95.4. The Morgan fingerprint density at radius 2 is 2.20 bits per heavy atom. The monoisotopic (exact) mass is 142 g/mol. The van der Waals surface area contributed by atoms with Crippen molar-refractivity contribution in [3.63, 3.8) is 0 Å². The van der Waals surface area contributed by atoms with Gasteiger partial charge in [0, 0.05) is 6.04 Å². The molecule has 0 aliphatic carbocycles. The first kappa shape index (κ1) is 8.02. The Morgan fingerprint density at radius 3 is 2.60 bits per heavy atom. The van der Waals surface area contributed by atoms with Crippen LogP contribution in [-0.4, -0.2) is 38.1 Å². The third-order valence-corrected chi connectivity index (χ3v) is 2.60. The second kappa shape index (κ2) is 3.35. The first-order valence-electron chi connectivity index (χ1n) is 4.09. The molecule has 2 atom stereocenters. The van der Waals surface area contributed by atoms with Gasteiger partial charge < -0.3 is 10.2 Å². The van der Waals surface area contributed by atoms with E-state index in [1.54, 1.807) is 0 Å². The standard InChI is InChI=1S/C8H18N2/c1-7(10(2)3)8-4-5-9-6-8/h7-9H,4-6H2,1-3H3/t7-,8-/m0/s1. The summed E-state index contributed by atoms with van der Waals surface area (Å²) in [4.78, 5) is 2.30. The molecule has 1 aliphatic heterocycles. The van der Waals surface area contributed by atoms with Crippen molar-refractivity contribution in [2.24, 2.45) is 5.92 Å². The number of nitrogens with zero attached hydrogens (tertiary/aromatic N) is 1. The molecule has 1 rings (SSSR count). The van der Waals surface area contributed by atoms with E-state index < -0.39 is 0 Å². The predicted molar refractivity (Wildman–Crippen MR) is 44.1 cm³/mol. The SMILES string of the molecule is C[C@@H]([C@H]1CCNC1)N(C)C. The van der Waals surface area contributed by atoms with Crippen molar-refractivity contribution in [2.45, 2.75) is 19.4 Å². The highest BCUT2D eigenvalue weighted by Gasteiger charge is 2.21. The molecule has 0 spiro atoms. The maximum atomic E-state index is 3.38. The lowest BCUT2D eigenvalue weighted by Gasteiger charge is -2.25. The van der Waals surface area contributed by atoms with Gasteiger partial charge in [-0.3, -0.25) is 0 Å². The lowest BCUT2D eigenvalue weighted by atomic mass is 10.00. The largest absolute Gasteiger partial charge is 0.316 e. The molecule has 10 heavy (non-hydrogen) atoms. The summed E-state index contributed by atoms with van der Waals surface area (Å²) < 4.78 is 0. The van der Waals surface area contributed by atoms with E-state index in [-0.39, 0.29) is 0 Å². The van der Waals surface area contributed by atoms with Crippen molar-refractivity contribution < 1.29 is 0 Å². The van der Waals surface area contributed by atoms with Crippen LogP contribution in [0.4, 0.5) is 0 Å². The molecule has 1 fully saturated rings. The summed E-state index contributed by atoms with van der Waals surface area (Å²) in [6.07, 6.45) is 1.35. The minimum atomic E-state index is 0.731. The summed E-state index contributed by atoms with van der Waals surface area (Å²) in [6, 6.07) is 0.731. The van der Waals surface area contributed by atoms with Gasteiger partial charge in [-0.05, 0) is 46.4 Å². The van der Waals surface area contributed by atoms with Gasteiger partial charge in [-0.2, -0.15) is 0 Å². The average molecular weight is 142 g/mol. The Morgan fingerprint density at radius 1 is 1.50 bits per heavy atom. The lowest BCUT2D eigenvalue weighted by molar-refractivity contribution is 0.238. The lowest BCUT2D eigenvalue weighted by Crippen LogP contribution is -2.33. The van der Waals surface area contributed by atoms with Crippen molar-refractivity contribution in [3.05, 3.63) is 0 Å². The van der Waals surface area contributed by atoms with Crippen LogP contribution in [0.2, 0.25) is 0 Å². The van der Waals surface area contributed by atoms with Crippen LogP contribution >= 0.6 is 0 Å². The maximum absolute atomic E-state index is 3.38. The molecule has 1 heterocycles. The summed E-state index contributed by atoms with van der Waals surface area (Å²) in [5.74, 6) is 0.870. The molecule has 1 aliphatic rings. The van der Waals surface area contributed by atoms with Gasteiger partial charge >= 0.3 is 0 Å². The fourth-order valence-electron chi connectivity index (χ4n) is 1.51. The van der Waals surface area contributed by atoms with Crippen LogP contribution in [0, 0.1) is 5.92 Å². The Kier molecular flexibility index (Phi) is 2.69. The molecule has 0 unspecified atom stereocenters. The summed E-state index contributed by atoms with van der Waals surface area (Å²) in [7, 11) is 4.31. The second-order valence-electron chi connectivity index (χ2n) is 3.46. The van der Waals surface area contributed by atoms with Gasteiger partial charge in [-0.1, -0.05) is 0 Å². The summed E-state index contributed by atoms with van der Waals surface area (Å²) in [5, 5.41) is 3.38. The van der Waals surface area contributed by atoms with E-state index in [4.69, 9.17) is 0 Å². The number of nitrogens with one attached hydrogen (secondary N) is 1. The molecule has 1 saturated heterocycles. The first-order chi connectivity index (χ1) is 4.72. The molecule has 2 heteroatoms. The number of hydrogen-bond donors (Lipinski definition) is 1. The van der Waals surface area contributed by atoms with E-state index >= 15 is 0 Å². The van der Waals surface area contributed by atoms with Crippen LogP contribution in [0.1, 0.15) is 13.3 Å². The molecule has 0 aromatic carbocycles. The molecular weight excluding hydrogens is 124 g/mol. The summed E-state index contributed by atoms with van der Waals surface area (Å²) in [5.41, 5.74) is 0. The highest BCUT2D eigenvalue weighted by atomic mass is 15.1. The zero-order valence-electron chi connectivity index (χ0n) is 7.22. The van der Waals surface area contributed by atoms with Crippen molar-refractivity contribution in [1.82, 2.24) is 10.2 Å². The molecule has 0 aromatic rings. The van der Waals surface area contributed by atoms with Crippen molar-refractivity contribution in [3.8, 4) is 0 Å². The molecule has 0 amide bonds. The Balaban J connectivity index is 2.32. The van der Waals surface area contributed by atoms with E-state index in [1.807, 2.05) is 0 Å². The Labute approximate surface area is 63.6 Å². The van der Waals surface area contributed by atoms with E-state index in [9.17, 15) is 0 Å². The minimum absolute atomic E-state index is 0.731. The molecule has 0 bridgehead atoms. The van der Waals surface area contributed by atoms with Gasteiger partial charge in [-0.15, -0.1) is 0 Å². The third kappa shape index (κ3) is 1.70. The van der Waals surface area contributed by atoms with Crippen LogP contribution in [0.3, 0.4) is 0 Å². The van der Waals surface area contributed by atoms with Crippen molar-refractivity contribution in [1.29, 1.82) is 0 Å². The van der Waals surface area contributed by atoms with E-state index in [0.717, 1.165) is 12.0 Å². The molecule has 60 valence electrons. The summed E-state index contributed by atoms with van der Waals surface area (Å²) >= 11 is 0. The fourth-order valence-corrected chi connectivity index (χ4v) is 1.51.